The van der Waals surface area contributed by atoms with Crippen molar-refractivity contribution < 1.29 is 42.9 Å². The minimum Gasteiger partial charge on any atom is -0.439 e. The van der Waals surface area contributed by atoms with E-state index in [0.717, 1.165) is 6.08 Å². The van der Waals surface area contributed by atoms with Gasteiger partial charge in [-0.05, 0) is 37.8 Å². The summed E-state index contributed by atoms with van der Waals surface area (Å²) in [6, 6.07) is 0. The molecule has 2 rings (SSSR count). The quantitative estimate of drug-likeness (QED) is 0.373. The molecule has 41 heavy (non-hydrogen) atoms. The first kappa shape index (κ1) is 33.8. The molecule has 2 amide bonds. The summed E-state index contributed by atoms with van der Waals surface area (Å²) >= 11 is 0. The number of fused-ring (bicyclic) bond motifs is 2. The van der Waals surface area contributed by atoms with Crippen molar-refractivity contribution in [2.75, 3.05) is 28.4 Å². The molecule has 0 aromatic carbocycles. The van der Waals surface area contributed by atoms with Gasteiger partial charge in [0.1, 0.15) is 6.10 Å². The van der Waals surface area contributed by atoms with E-state index in [1.54, 1.807) is 40.2 Å². The molecule has 3 N–H and O–H groups in total. The van der Waals surface area contributed by atoms with E-state index in [1.807, 2.05) is 19.9 Å². The largest absolute Gasteiger partial charge is 0.439 e. The number of Topliss-reactive ketones (excluding diaryl/α,β-unsaturated/α-hetero) is 1. The molecular weight excluding hydrogens is 532 g/mol. The van der Waals surface area contributed by atoms with Gasteiger partial charge in [0.05, 0.1) is 24.0 Å². The fraction of sp³-hybridized carbons (Fsp3) is 0.533. The fourth-order valence-electron chi connectivity index (χ4n) is 5.21. The average molecular weight is 575 g/mol. The maximum Gasteiger partial charge on any atom is 0.405 e. The van der Waals surface area contributed by atoms with Crippen molar-refractivity contribution in [3.05, 3.63) is 58.9 Å². The van der Waals surface area contributed by atoms with Crippen molar-refractivity contribution in [1.82, 2.24) is 5.32 Å². The van der Waals surface area contributed by atoms with E-state index in [4.69, 9.17) is 29.4 Å². The molecule has 2 unspecified atom stereocenters. The number of allylic oxidation sites excluding steroid dienone is 5. The summed E-state index contributed by atoms with van der Waals surface area (Å²) < 4.78 is 28.4. The zero-order valence-electron chi connectivity index (χ0n) is 25.0. The van der Waals surface area contributed by atoms with Crippen LogP contribution >= 0.6 is 0 Å². The Labute approximate surface area is 241 Å². The molecule has 0 fully saturated rings. The number of amides is 2. The van der Waals surface area contributed by atoms with Crippen molar-refractivity contribution in [3.8, 4) is 0 Å². The molecule has 11 nitrogen and oxygen atoms in total. The van der Waals surface area contributed by atoms with Crippen molar-refractivity contribution in [2.45, 2.75) is 64.6 Å². The van der Waals surface area contributed by atoms with Crippen LogP contribution < -0.4 is 11.1 Å². The SMILES string of the molecule is COC1/C=C/C=C(\C)C(=O)NC2=CC(=O)C=C(C2=O)[C@H](OC)[C@@H](C)CC(OC)[C@H](OC)[C@@H](C)/C=C(\C)[C@@H]1OC(N)=O. The second-order valence-electron chi connectivity index (χ2n) is 10.2. The standard InChI is InChI=1S/C30H42N2O9/c1-16-10-9-11-23(37-5)28(41-30(31)36)18(3)12-17(2)27(40-8)24(38-6)13-19(4)26(39-7)21-14-20(33)15-22(25(21)34)32-29(16)35/h9-12,14-15,17,19,23-24,26-28H,13H2,1-8H3,(H2,31,36)(H,32,35)/b11-9+,16-10+,18-12+/t17-,19-,23?,24?,26+,27+,28-/m0/s1. The van der Waals surface area contributed by atoms with Gasteiger partial charge in [-0.2, -0.15) is 0 Å². The van der Waals surface area contributed by atoms with Gasteiger partial charge in [-0.1, -0.05) is 38.2 Å². The molecule has 0 radical (unpaired) electrons. The molecule has 0 spiro atoms. The monoisotopic (exact) mass is 574 g/mol. The van der Waals surface area contributed by atoms with Crippen LogP contribution in [0.5, 0.6) is 0 Å². The Morgan fingerprint density at radius 3 is 2.20 bits per heavy atom. The molecule has 1 heterocycles. The van der Waals surface area contributed by atoms with Crippen LogP contribution in [0, 0.1) is 11.8 Å². The van der Waals surface area contributed by atoms with Gasteiger partial charge in [0, 0.05) is 51.6 Å². The van der Waals surface area contributed by atoms with Crippen LogP contribution in [0.1, 0.15) is 34.1 Å². The van der Waals surface area contributed by atoms with Crippen LogP contribution in [0.25, 0.3) is 0 Å². The normalized spacial score (nSPS) is 33.9. The Morgan fingerprint density at radius 2 is 1.63 bits per heavy atom. The Bertz CT molecular complexity index is 1150. The van der Waals surface area contributed by atoms with Crippen molar-refractivity contribution in [3.63, 3.8) is 0 Å². The lowest BCUT2D eigenvalue weighted by Crippen LogP contribution is -2.41. The molecule has 7 atom stereocenters. The van der Waals surface area contributed by atoms with Gasteiger partial charge in [0.25, 0.3) is 5.91 Å². The number of ketones is 2. The number of hydrogen-bond acceptors (Lipinski definition) is 9. The highest BCUT2D eigenvalue weighted by atomic mass is 16.6. The molecule has 0 saturated carbocycles. The van der Waals surface area contributed by atoms with E-state index in [1.165, 1.54) is 26.4 Å². The molecule has 2 aliphatic rings. The Kier molecular flexibility index (Phi) is 12.8. The summed E-state index contributed by atoms with van der Waals surface area (Å²) in [5.41, 5.74) is 6.29. The summed E-state index contributed by atoms with van der Waals surface area (Å²) in [5.74, 6) is -2.04. The lowest BCUT2D eigenvalue weighted by atomic mass is 9.84. The predicted molar refractivity (Wildman–Crippen MR) is 152 cm³/mol. The third-order valence-corrected chi connectivity index (χ3v) is 7.27. The number of ether oxygens (including phenoxy) is 5. The summed E-state index contributed by atoms with van der Waals surface area (Å²) in [6.45, 7) is 7.17. The van der Waals surface area contributed by atoms with E-state index in [9.17, 15) is 19.2 Å². The van der Waals surface area contributed by atoms with E-state index < -0.39 is 54.1 Å². The number of methoxy groups -OCH3 is 4. The second kappa shape index (κ2) is 15.6. The molecular formula is C30H42N2O9. The van der Waals surface area contributed by atoms with Gasteiger partial charge in [0.15, 0.2) is 11.9 Å². The number of carbonyl (C=O) groups excluding carboxylic acids is 4. The lowest BCUT2D eigenvalue weighted by Gasteiger charge is -2.34. The number of nitrogens with one attached hydrogen (secondary N) is 1. The molecule has 0 aromatic heterocycles. The maximum absolute atomic E-state index is 13.4. The smallest absolute Gasteiger partial charge is 0.405 e. The first-order valence-corrected chi connectivity index (χ1v) is 13.3. The van der Waals surface area contributed by atoms with Crippen LogP contribution in [-0.2, 0) is 38.1 Å². The highest BCUT2D eigenvalue weighted by molar-refractivity contribution is 6.22. The summed E-state index contributed by atoms with van der Waals surface area (Å²) in [7, 11) is 6.05. The molecule has 226 valence electrons. The molecule has 11 heteroatoms. The Morgan fingerprint density at radius 1 is 0.951 bits per heavy atom. The first-order chi connectivity index (χ1) is 19.4. The predicted octanol–water partition coefficient (Wildman–Crippen LogP) is 2.71. The number of hydrogen-bond donors (Lipinski definition) is 2. The van der Waals surface area contributed by atoms with E-state index in [-0.39, 0.29) is 28.7 Å². The van der Waals surface area contributed by atoms with Gasteiger partial charge >= 0.3 is 6.09 Å². The van der Waals surface area contributed by atoms with Crippen LogP contribution in [0.2, 0.25) is 0 Å². The number of carbonyl (C=O) groups is 4. The van der Waals surface area contributed by atoms with Crippen LogP contribution in [-0.4, -0.2) is 82.5 Å². The minimum absolute atomic E-state index is 0.141. The van der Waals surface area contributed by atoms with Crippen molar-refractivity contribution in [2.24, 2.45) is 17.6 Å². The van der Waals surface area contributed by atoms with Crippen molar-refractivity contribution >= 4 is 23.6 Å². The number of rotatable bonds is 5. The highest BCUT2D eigenvalue weighted by Gasteiger charge is 2.36. The topological polar surface area (TPSA) is 152 Å². The zero-order chi connectivity index (χ0) is 30.9. The molecule has 1 aliphatic heterocycles. The van der Waals surface area contributed by atoms with Crippen LogP contribution in [0.4, 0.5) is 4.79 Å². The fourth-order valence-corrected chi connectivity index (χ4v) is 5.21. The summed E-state index contributed by atoms with van der Waals surface area (Å²) in [4.78, 5) is 50.6. The minimum atomic E-state index is -0.972. The maximum atomic E-state index is 13.4. The number of primary amides is 1. The van der Waals surface area contributed by atoms with Crippen molar-refractivity contribution in [1.29, 1.82) is 0 Å². The van der Waals surface area contributed by atoms with Gasteiger partial charge in [-0.15, -0.1) is 0 Å². The third kappa shape index (κ3) is 8.80. The molecule has 1 aliphatic carbocycles. The highest BCUT2D eigenvalue weighted by Crippen LogP contribution is 2.30. The Hall–Kier alpha value is -3.38. The van der Waals surface area contributed by atoms with Crippen LogP contribution in [0.3, 0.4) is 0 Å². The van der Waals surface area contributed by atoms with E-state index in [0.29, 0.717) is 12.0 Å². The van der Waals surface area contributed by atoms with E-state index >= 15 is 0 Å². The molecule has 2 bridgehead atoms. The third-order valence-electron chi connectivity index (χ3n) is 7.27. The lowest BCUT2D eigenvalue weighted by molar-refractivity contribution is -0.120. The number of nitrogens with two attached hydrogens (primary N) is 1. The van der Waals surface area contributed by atoms with Gasteiger partial charge in [-0.25, -0.2) is 4.79 Å². The summed E-state index contributed by atoms with van der Waals surface area (Å²) in [5, 5.41) is 2.54. The zero-order valence-corrected chi connectivity index (χ0v) is 25.0. The van der Waals surface area contributed by atoms with Gasteiger partial charge < -0.3 is 34.7 Å². The first-order valence-electron chi connectivity index (χ1n) is 13.3. The average Bonchev–Trinajstić information content (AvgIpc) is 2.91. The van der Waals surface area contributed by atoms with Gasteiger partial charge in [0.2, 0.25) is 5.78 Å². The molecule has 0 saturated heterocycles. The molecule has 0 aromatic rings. The van der Waals surface area contributed by atoms with Gasteiger partial charge in [-0.3, -0.25) is 14.4 Å². The van der Waals surface area contributed by atoms with Crippen LogP contribution in [0.15, 0.2) is 58.9 Å². The Balaban J connectivity index is 2.66. The second-order valence-corrected chi connectivity index (χ2v) is 10.2. The van der Waals surface area contributed by atoms with E-state index in [2.05, 4.69) is 5.32 Å². The summed E-state index contributed by atoms with van der Waals surface area (Å²) in [6.07, 6.45) is 5.11.